The highest BCUT2D eigenvalue weighted by molar-refractivity contribution is 14.1. The van der Waals surface area contributed by atoms with Gasteiger partial charge in [0.15, 0.2) is 0 Å². The first kappa shape index (κ1) is 21.9. The van der Waals surface area contributed by atoms with Crippen LogP contribution in [0.2, 0.25) is 0 Å². The third kappa shape index (κ3) is 5.64. The topological polar surface area (TPSA) is 18.5 Å². The van der Waals surface area contributed by atoms with Gasteiger partial charge >= 0.3 is 0 Å². The number of aryl methyl sites for hydroxylation is 1. The molecule has 0 aliphatic rings. The van der Waals surface area contributed by atoms with Crippen LogP contribution in [-0.4, -0.2) is 12.5 Å². The lowest BCUT2D eigenvalue weighted by Crippen LogP contribution is -2.06. The van der Waals surface area contributed by atoms with Crippen LogP contribution < -0.4 is 9.47 Å². The Hall–Kier alpha value is -1.79. The van der Waals surface area contributed by atoms with E-state index >= 15 is 0 Å². The Morgan fingerprint density at radius 2 is 1.69 bits per heavy atom. The van der Waals surface area contributed by atoms with Gasteiger partial charge in [0.25, 0.3) is 0 Å². The van der Waals surface area contributed by atoms with E-state index in [1.807, 2.05) is 30.3 Å². The molecule has 3 aromatic carbocycles. The molecule has 0 saturated heterocycles. The Balaban J connectivity index is 2.04. The maximum atomic E-state index is 13.5. The molecule has 0 N–H and O–H groups in total. The third-order valence-electron chi connectivity index (χ3n) is 4.54. The highest BCUT2D eigenvalue weighted by Crippen LogP contribution is 2.42. The van der Waals surface area contributed by atoms with Gasteiger partial charge in [-0.3, -0.25) is 0 Å². The summed E-state index contributed by atoms with van der Waals surface area (Å²) in [6.45, 7) is 3.09. The fourth-order valence-electron chi connectivity index (χ4n) is 3.03. The molecule has 5 heteroatoms. The van der Waals surface area contributed by atoms with E-state index in [1.54, 1.807) is 12.1 Å². The van der Waals surface area contributed by atoms with Crippen molar-refractivity contribution in [1.29, 1.82) is 0 Å². The number of benzene rings is 3. The van der Waals surface area contributed by atoms with Crippen LogP contribution >= 0.6 is 34.2 Å². The summed E-state index contributed by atoms with van der Waals surface area (Å²) in [5, 5.41) is 0. The SMILES string of the molecule is CCc1cc(-c2ccc(F)cc2)c(OCc2ccccc2)c(I)c1OCCCCl. The van der Waals surface area contributed by atoms with Crippen molar-refractivity contribution in [3.05, 3.63) is 81.2 Å². The van der Waals surface area contributed by atoms with Gasteiger partial charge in [-0.2, -0.15) is 0 Å². The maximum Gasteiger partial charge on any atom is 0.144 e. The first-order chi connectivity index (χ1) is 14.1. The molecule has 0 heterocycles. The second-order valence-electron chi connectivity index (χ2n) is 6.58. The van der Waals surface area contributed by atoms with Crippen LogP contribution in [0.1, 0.15) is 24.5 Å². The largest absolute Gasteiger partial charge is 0.492 e. The van der Waals surface area contributed by atoms with Crippen LogP contribution in [0, 0.1) is 9.39 Å². The molecule has 152 valence electrons. The van der Waals surface area contributed by atoms with Gasteiger partial charge in [-0.05, 0) is 70.3 Å². The van der Waals surface area contributed by atoms with Crippen molar-refractivity contribution in [2.75, 3.05) is 12.5 Å². The Bertz CT molecular complexity index is 930. The van der Waals surface area contributed by atoms with Gasteiger partial charge in [-0.1, -0.05) is 49.4 Å². The van der Waals surface area contributed by atoms with Crippen LogP contribution in [0.15, 0.2) is 60.7 Å². The molecule has 0 unspecified atom stereocenters. The molecule has 0 radical (unpaired) electrons. The van der Waals surface area contributed by atoms with Gasteiger partial charge in [0, 0.05) is 11.4 Å². The molecule has 0 fully saturated rings. The van der Waals surface area contributed by atoms with Crippen molar-refractivity contribution in [3.8, 4) is 22.6 Å². The predicted molar refractivity (Wildman–Crippen MR) is 126 cm³/mol. The van der Waals surface area contributed by atoms with Crippen LogP contribution in [0.5, 0.6) is 11.5 Å². The molecule has 0 aliphatic heterocycles. The molecule has 29 heavy (non-hydrogen) atoms. The quantitative estimate of drug-likeness (QED) is 0.167. The molecule has 2 nitrogen and oxygen atoms in total. The van der Waals surface area contributed by atoms with Crippen LogP contribution in [0.3, 0.4) is 0 Å². The van der Waals surface area contributed by atoms with Gasteiger partial charge in [-0.25, -0.2) is 4.39 Å². The minimum absolute atomic E-state index is 0.257. The molecule has 0 spiro atoms. The third-order valence-corrected chi connectivity index (χ3v) is 5.79. The van der Waals surface area contributed by atoms with Gasteiger partial charge in [0.2, 0.25) is 0 Å². The minimum atomic E-state index is -0.257. The molecule has 0 bridgehead atoms. The van der Waals surface area contributed by atoms with Crippen molar-refractivity contribution in [1.82, 2.24) is 0 Å². The van der Waals surface area contributed by atoms with Crippen molar-refractivity contribution in [2.45, 2.75) is 26.4 Å². The summed E-state index contributed by atoms with van der Waals surface area (Å²) in [6, 6.07) is 18.6. The van der Waals surface area contributed by atoms with E-state index in [4.69, 9.17) is 21.1 Å². The fraction of sp³-hybridized carbons (Fsp3) is 0.250. The Morgan fingerprint density at radius 1 is 0.966 bits per heavy atom. The average molecular weight is 525 g/mol. The van der Waals surface area contributed by atoms with E-state index in [0.29, 0.717) is 19.1 Å². The lowest BCUT2D eigenvalue weighted by molar-refractivity contribution is 0.290. The first-order valence-corrected chi connectivity index (χ1v) is 11.2. The molecule has 0 aliphatic carbocycles. The standard InChI is InChI=1S/C24H23ClFIO2/c1-2-18-15-21(19-9-11-20(26)12-10-19)24(22(27)23(18)28-14-6-13-25)29-16-17-7-4-3-5-8-17/h3-5,7-12,15H,2,6,13-14,16H2,1H3. The Labute approximate surface area is 190 Å². The molecule has 0 atom stereocenters. The highest BCUT2D eigenvalue weighted by Gasteiger charge is 2.20. The van der Waals surface area contributed by atoms with Crippen molar-refractivity contribution < 1.29 is 13.9 Å². The average Bonchev–Trinajstić information content (AvgIpc) is 2.75. The van der Waals surface area contributed by atoms with E-state index < -0.39 is 0 Å². The predicted octanol–water partition coefficient (Wildman–Crippen LogP) is 7.25. The minimum Gasteiger partial charge on any atom is -0.492 e. The molecular weight excluding hydrogens is 502 g/mol. The number of hydrogen-bond donors (Lipinski definition) is 0. The van der Waals surface area contributed by atoms with Crippen LogP contribution in [-0.2, 0) is 13.0 Å². The summed E-state index contributed by atoms with van der Waals surface area (Å²) in [4.78, 5) is 0. The van der Waals surface area contributed by atoms with E-state index in [0.717, 1.165) is 50.2 Å². The smallest absolute Gasteiger partial charge is 0.144 e. The fourth-order valence-corrected chi connectivity index (χ4v) is 4.09. The normalized spacial score (nSPS) is 10.8. The summed E-state index contributed by atoms with van der Waals surface area (Å²) in [6.07, 6.45) is 1.60. The number of halogens is 3. The summed E-state index contributed by atoms with van der Waals surface area (Å²) in [5.41, 5.74) is 4.02. The number of hydrogen-bond acceptors (Lipinski definition) is 2. The molecule has 0 amide bonds. The number of ether oxygens (including phenoxy) is 2. The molecule has 3 aromatic rings. The maximum absolute atomic E-state index is 13.5. The Kier molecular flexibility index (Phi) is 8.19. The molecule has 0 aromatic heterocycles. The summed E-state index contributed by atoms with van der Waals surface area (Å²) >= 11 is 8.10. The second kappa shape index (κ2) is 10.8. The number of alkyl halides is 1. The van der Waals surface area contributed by atoms with E-state index in [-0.39, 0.29) is 5.82 Å². The van der Waals surface area contributed by atoms with Gasteiger partial charge in [-0.15, -0.1) is 11.6 Å². The van der Waals surface area contributed by atoms with Crippen LogP contribution in [0.25, 0.3) is 11.1 Å². The lowest BCUT2D eigenvalue weighted by atomic mass is 9.99. The zero-order valence-corrected chi connectivity index (χ0v) is 19.2. The van der Waals surface area contributed by atoms with Crippen molar-refractivity contribution in [3.63, 3.8) is 0 Å². The van der Waals surface area contributed by atoms with Crippen molar-refractivity contribution >= 4 is 34.2 Å². The van der Waals surface area contributed by atoms with E-state index in [2.05, 4.69) is 35.6 Å². The zero-order valence-electron chi connectivity index (χ0n) is 16.3. The van der Waals surface area contributed by atoms with Gasteiger partial charge < -0.3 is 9.47 Å². The Morgan fingerprint density at radius 3 is 2.34 bits per heavy atom. The zero-order chi connectivity index (χ0) is 20.6. The lowest BCUT2D eigenvalue weighted by Gasteiger charge is -2.20. The van der Waals surface area contributed by atoms with Gasteiger partial charge in [0.05, 0.1) is 10.2 Å². The van der Waals surface area contributed by atoms with Crippen molar-refractivity contribution in [2.24, 2.45) is 0 Å². The van der Waals surface area contributed by atoms with E-state index in [9.17, 15) is 4.39 Å². The summed E-state index contributed by atoms with van der Waals surface area (Å²) < 4.78 is 26.7. The molecule has 0 saturated carbocycles. The second-order valence-corrected chi connectivity index (χ2v) is 8.04. The first-order valence-electron chi connectivity index (χ1n) is 9.60. The molecule has 3 rings (SSSR count). The monoisotopic (exact) mass is 524 g/mol. The van der Waals surface area contributed by atoms with Gasteiger partial charge in [0.1, 0.15) is 23.9 Å². The van der Waals surface area contributed by atoms with Crippen LogP contribution in [0.4, 0.5) is 4.39 Å². The summed E-state index contributed by atoms with van der Waals surface area (Å²) in [5.74, 6) is 1.89. The number of rotatable bonds is 9. The summed E-state index contributed by atoms with van der Waals surface area (Å²) in [7, 11) is 0. The van der Waals surface area contributed by atoms with E-state index in [1.165, 1.54) is 12.1 Å². The highest BCUT2D eigenvalue weighted by atomic mass is 127. The molecular formula is C24H23ClFIO2.